The summed E-state index contributed by atoms with van der Waals surface area (Å²) in [7, 11) is 0. The molecule has 1 heterocycles. The number of hydrogen-bond donors (Lipinski definition) is 2. The van der Waals surface area contributed by atoms with Gasteiger partial charge in [0, 0.05) is 28.4 Å². The maximum atomic E-state index is 12.6. The van der Waals surface area contributed by atoms with Gasteiger partial charge in [-0.1, -0.05) is 18.5 Å². The molecular weight excluding hydrogens is 336 g/mol. The summed E-state index contributed by atoms with van der Waals surface area (Å²) >= 11 is 5.88. The molecule has 25 heavy (non-hydrogen) atoms. The SMILES string of the molecule is Cc1nccc(NC23CC([C@@H](C)C(=O)Nc4ccc(Cl)cc4)(C2)C3)n1. The van der Waals surface area contributed by atoms with Gasteiger partial charge in [-0.25, -0.2) is 9.97 Å². The van der Waals surface area contributed by atoms with Gasteiger partial charge in [-0.05, 0) is 61.9 Å². The topological polar surface area (TPSA) is 66.9 Å². The lowest BCUT2D eigenvalue weighted by atomic mass is 9.36. The average Bonchev–Trinajstić information content (AvgIpc) is 2.51. The van der Waals surface area contributed by atoms with E-state index in [0.717, 1.165) is 36.6 Å². The Morgan fingerprint density at radius 1 is 1.20 bits per heavy atom. The zero-order chi connectivity index (χ0) is 17.7. The lowest BCUT2D eigenvalue weighted by molar-refractivity contribution is -0.166. The summed E-state index contributed by atoms with van der Waals surface area (Å²) in [6.07, 6.45) is 4.81. The zero-order valence-corrected chi connectivity index (χ0v) is 15.1. The van der Waals surface area contributed by atoms with Crippen molar-refractivity contribution in [3.05, 3.63) is 47.4 Å². The molecule has 0 unspecified atom stereocenters. The van der Waals surface area contributed by atoms with Crippen LogP contribution in [0.25, 0.3) is 0 Å². The fourth-order valence-corrected chi connectivity index (χ4v) is 4.44. The molecule has 0 radical (unpaired) electrons. The smallest absolute Gasteiger partial charge is 0.227 e. The van der Waals surface area contributed by atoms with Crippen molar-refractivity contribution in [1.82, 2.24) is 9.97 Å². The third kappa shape index (κ3) is 2.86. The summed E-state index contributed by atoms with van der Waals surface area (Å²) in [5, 5.41) is 7.20. The quantitative estimate of drug-likeness (QED) is 0.848. The largest absolute Gasteiger partial charge is 0.364 e. The van der Waals surface area contributed by atoms with Crippen LogP contribution in [0.1, 0.15) is 32.0 Å². The number of aryl methyl sites for hydroxylation is 1. The average molecular weight is 357 g/mol. The van der Waals surface area contributed by atoms with E-state index in [-0.39, 0.29) is 22.8 Å². The molecule has 1 atom stereocenters. The van der Waals surface area contributed by atoms with Gasteiger partial charge < -0.3 is 10.6 Å². The summed E-state index contributed by atoms with van der Waals surface area (Å²) in [4.78, 5) is 21.1. The van der Waals surface area contributed by atoms with Gasteiger partial charge in [-0.15, -0.1) is 0 Å². The van der Waals surface area contributed by atoms with Gasteiger partial charge in [0.15, 0.2) is 0 Å². The molecule has 0 aliphatic heterocycles. The van der Waals surface area contributed by atoms with Crippen molar-refractivity contribution < 1.29 is 4.79 Å². The molecule has 1 amide bonds. The van der Waals surface area contributed by atoms with Crippen LogP contribution < -0.4 is 10.6 Å². The van der Waals surface area contributed by atoms with Gasteiger partial charge in [-0.2, -0.15) is 0 Å². The van der Waals surface area contributed by atoms with E-state index in [1.165, 1.54) is 0 Å². The highest BCUT2D eigenvalue weighted by Gasteiger charge is 2.70. The Labute approximate surface area is 152 Å². The van der Waals surface area contributed by atoms with E-state index >= 15 is 0 Å². The first kappa shape index (κ1) is 16.3. The molecule has 1 aromatic carbocycles. The second-order valence-corrected chi connectivity index (χ2v) is 7.94. The second-order valence-electron chi connectivity index (χ2n) is 7.50. The maximum Gasteiger partial charge on any atom is 0.227 e. The number of aromatic nitrogens is 2. The van der Waals surface area contributed by atoms with Gasteiger partial charge in [0.25, 0.3) is 0 Å². The number of nitrogens with zero attached hydrogens (tertiary/aromatic N) is 2. The first-order chi connectivity index (χ1) is 11.9. The van der Waals surface area contributed by atoms with Gasteiger partial charge >= 0.3 is 0 Å². The van der Waals surface area contributed by atoms with Crippen molar-refractivity contribution in [2.75, 3.05) is 10.6 Å². The Bertz CT molecular complexity index is 801. The van der Waals surface area contributed by atoms with E-state index in [1.807, 2.05) is 32.0 Å². The first-order valence-corrected chi connectivity index (χ1v) is 8.92. The molecule has 130 valence electrons. The molecule has 0 spiro atoms. The van der Waals surface area contributed by atoms with E-state index < -0.39 is 0 Å². The van der Waals surface area contributed by atoms with E-state index in [0.29, 0.717) is 5.02 Å². The van der Waals surface area contributed by atoms with E-state index in [4.69, 9.17) is 11.6 Å². The maximum absolute atomic E-state index is 12.6. The monoisotopic (exact) mass is 356 g/mol. The molecule has 3 aliphatic carbocycles. The summed E-state index contributed by atoms with van der Waals surface area (Å²) in [6.45, 7) is 3.92. The molecule has 0 saturated heterocycles. The lowest BCUT2D eigenvalue weighted by Crippen LogP contribution is -2.74. The fourth-order valence-electron chi connectivity index (χ4n) is 4.32. The Morgan fingerprint density at radius 2 is 1.88 bits per heavy atom. The van der Waals surface area contributed by atoms with Gasteiger partial charge in [-0.3, -0.25) is 4.79 Å². The van der Waals surface area contributed by atoms with Crippen LogP contribution in [0.2, 0.25) is 5.02 Å². The Hall–Kier alpha value is -2.14. The number of rotatable bonds is 5. The molecule has 3 aliphatic rings. The zero-order valence-electron chi connectivity index (χ0n) is 14.3. The Kier molecular flexibility index (Phi) is 3.72. The molecule has 3 saturated carbocycles. The normalized spacial score (nSPS) is 27.6. The van der Waals surface area contributed by atoms with Gasteiger partial charge in [0.1, 0.15) is 11.6 Å². The summed E-state index contributed by atoms with van der Waals surface area (Å²) in [5.74, 6) is 1.70. The number of benzene rings is 1. The van der Waals surface area contributed by atoms with Gasteiger partial charge in [0.2, 0.25) is 5.91 Å². The van der Waals surface area contributed by atoms with Crippen LogP contribution in [0.5, 0.6) is 0 Å². The van der Waals surface area contributed by atoms with Crippen LogP contribution in [0.3, 0.4) is 0 Å². The minimum Gasteiger partial charge on any atom is -0.364 e. The minimum absolute atomic E-state index is 0.0148. The number of hydrogen-bond acceptors (Lipinski definition) is 4. The van der Waals surface area contributed by atoms with Crippen LogP contribution in [0, 0.1) is 18.3 Å². The third-order valence-electron chi connectivity index (χ3n) is 5.66. The molecular formula is C19H21ClN4O. The van der Waals surface area contributed by atoms with Crippen LogP contribution in [0.15, 0.2) is 36.5 Å². The van der Waals surface area contributed by atoms with E-state index in [1.54, 1.807) is 18.3 Å². The van der Waals surface area contributed by atoms with Crippen LogP contribution in [0.4, 0.5) is 11.5 Å². The van der Waals surface area contributed by atoms with Crippen molar-refractivity contribution in [3.63, 3.8) is 0 Å². The molecule has 2 aromatic rings. The van der Waals surface area contributed by atoms with Crippen molar-refractivity contribution in [2.45, 2.75) is 38.6 Å². The highest BCUT2D eigenvalue weighted by atomic mass is 35.5. The van der Waals surface area contributed by atoms with E-state index in [2.05, 4.69) is 20.6 Å². The summed E-state index contributed by atoms with van der Waals surface area (Å²) in [5.41, 5.74) is 1.01. The fraction of sp³-hybridized carbons (Fsp3) is 0.421. The molecule has 5 rings (SSSR count). The van der Waals surface area contributed by atoms with Crippen LogP contribution >= 0.6 is 11.6 Å². The van der Waals surface area contributed by atoms with E-state index in [9.17, 15) is 4.79 Å². The minimum atomic E-state index is -0.0148. The second kappa shape index (κ2) is 5.70. The molecule has 2 bridgehead atoms. The van der Waals surface area contributed by atoms with Crippen molar-refractivity contribution in [3.8, 4) is 0 Å². The highest BCUT2D eigenvalue weighted by molar-refractivity contribution is 6.30. The van der Waals surface area contributed by atoms with Crippen LogP contribution in [-0.4, -0.2) is 21.4 Å². The molecule has 6 heteroatoms. The first-order valence-electron chi connectivity index (χ1n) is 8.54. The Balaban J connectivity index is 1.35. The number of amides is 1. The number of carbonyl (C=O) groups excluding carboxylic acids is 1. The van der Waals surface area contributed by atoms with Crippen molar-refractivity contribution in [1.29, 1.82) is 0 Å². The number of halogens is 1. The third-order valence-corrected chi connectivity index (χ3v) is 5.92. The predicted octanol–water partition coefficient (Wildman–Crippen LogP) is 4.05. The lowest BCUT2D eigenvalue weighted by Gasteiger charge is -2.72. The number of carbonyl (C=O) groups is 1. The summed E-state index contributed by atoms with van der Waals surface area (Å²) < 4.78 is 0. The predicted molar refractivity (Wildman–Crippen MR) is 98.7 cm³/mol. The van der Waals surface area contributed by atoms with Crippen molar-refractivity contribution in [2.24, 2.45) is 11.3 Å². The van der Waals surface area contributed by atoms with Gasteiger partial charge in [0.05, 0.1) is 0 Å². The van der Waals surface area contributed by atoms with Crippen LogP contribution in [-0.2, 0) is 4.79 Å². The Morgan fingerprint density at radius 3 is 2.52 bits per heavy atom. The number of anilines is 2. The molecule has 3 fully saturated rings. The van der Waals surface area contributed by atoms with Crippen molar-refractivity contribution >= 4 is 29.0 Å². The highest BCUT2D eigenvalue weighted by Crippen LogP contribution is 2.71. The molecule has 5 nitrogen and oxygen atoms in total. The molecule has 2 N–H and O–H groups in total. The summed E-state index contributed by atoms with van der Waals surface area (Å²) in [6, 6.07) is 9.12. The molecule has 1 aromatic heterocycles. The standard InChI is InChI=1S/C19H21ClN4O/c1-12(17(25)23-15-5-3-14(20)4-6-15)18-9-19(10-18,11-18)24-16-7-8-21-13(2)22-16/h3-8,12H,9-11H2,1-2H3,(H,23,25)(H,21,22,24)/t12-,18?,19?/m0/s1. The number of nitrogens with one attached hydrogen (secondary N) is 2.